The molecule has 0 aliphatic heterocycles. The highest BCUT2D eigenvalue weighted by Crippen LogP contribution is 2.14. The summed E-state index contributed by atoms with van der Waals surface area (Å²) >= 11 is 3.28. The number of nitrogens with zero attached hydrogens (tertiary/aromatic N) is 1. The number of halogens is 1. The van der Waals surface area contributed by atoms with E-state index in [2.05, 4.69) is 26.8 Å². The molecule has 8 heteroatoms. The van der Waals surface area contributed by atoms with Crippen molar-refractivity contribution in [1.82, 2.24) is 15.4 Å². The lowest BCUT2D eigenvalue weighted by Crippen LogP contribution is -2.44. The van der Waals surface area contributed by atoms with Crippen LogP contribution in [0.5, 0.6) is 5.75 Å². The van der Waals surface area contributed by atoms with E-state index in [9.17, 15) is 14.4 Å². The lowest BCUT2D eigenvalue weighted by molar-refractivity contribution is -0.123. The van der Waals surface area contributed by atoms with Crippen LogP contribution in [0.3, 0.4) is 0 Å². The molecule has 0 saturated heterocycles. The number of hydrogen-bond donors (Lipinski definition) is 2. The van der Waals surface area contributed by atoms with Crippen molar-refractivity contribution in [1.29, 1.82) is 0 Å². The van der Waals surface area contributed by atoms with Crippen molar-refractivity contribution in [2.45, 2.75) is 19.8 Å². The van der Waals surface area contributed by atoms with Gasteiger partial charge in [0.25, 0.3) is 11.8 Å². The summed E-state index contributed by atoms with van der Waals surface area (Å²) in [7, 11) is 1.73. The molecule has 2 amide bonds. The maximum Gasteiger partial charge on any atom is 0.286 e. The highest BCUT2D eigenvalue weighted by atomic mass is 79.9. The first-order chi connectivity index (χ1) is 12.3. The van der Waals surface area contributed by atoms with Crippen molar-refractivity contribution < 1.29 is 19.1 Å². The Morgan fingerprint density at radius 3 is 2.42 bits per heavy atom. The summed E-state index contributed by atoms with van der Waals surface area (Å²) in [6.07, 6.45) is 2.91. The highest BCUT2D eigenvalue weighted by Gasteiger charge is 2.12. The monoisotopic (exact) mass is 421 g/mol. The maximum atomic E-state index is 12.0. The van der Waals surface area contributed by atoms with Crippen LogP contribution in [0.2, 0.25) is 0 Å². The van der Waals surface area contributed by atoms with Gasteiger partial charge >= 0.3 is 0 Å². The Morgan fingerprint density at radius 1 is 1.15 bits per heavy atom. The van der Waals surface area contributed by atoms with Crippen LogP contribution >= 0.6 is 15.9 Å². The standard InChI is InChI=1S/C18H20BrN3O4/c1-12(23)3-4-13-5-7-15(8-6-13)26-11-17(24)20-21-18(25)16-9-14(19)10-22(16)2/h5-10H,3-4,11H2,1-2H3,(H,20,24)(H,21,25). The van der Waals surface area contributed by atoms with Gasteiger partial charge in [-0.2, -0.15) is 0 Å². The van der Waals surface area contributed by atoms with E-state index < -0.39 is 11.8 Å². The van der Waals surface area contributed by atoms with Gasteiger partial charge in [0, 0.05) is 24.1 Å². The average Bonchev–Trinajstić information content (AvgIpc) is 2.95. The van der Waals surface area contributed by atoms with E-state index in [0.717, 1.165) is 10.0 Å². The number of ketones is 1. The van der Waals surface area contributed by atoms with Crippen LogP contribution in [0.4, 0.5) is 0 Å². The molecule has 0 atom stereocenters. The van der Waals surface area contributed by atoms with E-state index in [4.69, 9.17) is 4.74 Å². The van der Waals surface area contributed by atoms with Crippen LogP contribution in [0.25, 0.3) is 0 Å². The highest BCUT2D eigenvalue weighted by molar-refractivity contribution is 9.10. The van der Waals surface area contributed by atoms with Gasteiger partial charge in [-0.3, -0.25) is 20.4 Å². The van der Waals surface area contributed by atoms with E-state index in [1.165, 1.54) is 0 Å². The number of hydrogen-bond acceptors (Lipinski definition) is 4. The Kier molecular flexibility index (Phi) is 6.97. The quantitative estimate of drug-likeness (QED) is 0.670. The van der Waals surface area contributed by atoms with Gasteiger partial charge in [0.1, 0.15) is 17.2 Å². The third kappa shape index (κ3) is 6.03. The molecule has 1 aromatic carbocycles. The number of hydrazine groups is 1. The molecule has 0 aliphatic rings. The van der Waals surface area contributed by atoms with Crippen LogP contribution in [0.1, 0.15) is 29.4 Å². The van der Waals surface area contributed by atoms with Crippen molar-refractivity contribution in [2.24, 2.45) is 7.05 Å². The SMILES string of the molecule is CC(=O)CCc1ccc(OCC(=O)NNC(=O)c2cc(Br)cn2C)cc1. The third-order valence-electron chi connectivity index (χ3n) is 3.58. The van der Waals surface area contributed by atoms with Crippen molar-refractivity contribution in [3.05, 3.63) is 52.3 Å². The van der Waals surface area contributed by atoms with Crippen molar-refractivity contribution >= 4 is 33.5 Å². The number of aryl methyl sites for hydroxylation is 2. The number of aromatic nitrogens is 1. The number of amides is 2. The van der Waals surface area contributed by atoms with E-state index >= 15 is 0 Å². The zero-order valence-electron chi connectivity index (χ0n) is 14.5. The number of nitrogens with one attached hydrogen (secondary N) is 2. The number of ether oxygens (including phenoxy) is 1. The number of benzene rings is 1. The number of Topliss-reactive ketones (excluding diaryl/α,β-unsaturated/α-hetero) is 1. The number of rotatable bonds is 7. The molecule has 0 fully saturated rings. The summed E-state index contributed by atoms with van der Waals surface area (Å²) in [5, 5.41) is 0. The van der Waals surface area contributed by atoms with Crippen molar-refractivity contribution in [3.63, 3.8) is 0 Å². The molecule has 0 bridgehead atoms. The second-order valence-electron chi connectivity index (χ2n) is 5.79. The molecule has 0 spiro atoms. The van der Waals surface area contributed by atoms with E-state index in [1.807, 2.05) is 12.1 Å². The number of carbonyl (C=O) groups is 3. The van der Waals surface area contributed by atoms with Gasteiger partial charge in [-0.05, 0) is 53.0 Å². The predicted molar refractivity (Wildman–Crippen MR) is 99.7 cm³/mol. The van der Waals surface area contributed by atoms with E-state index in [0.29, 0.717) is 24.3 Å². The molecule has 2 rings (SSSR count). The molecular weight excluding hydrogens is 402 g/mol. The fourth-order valence-corrected chi connectivity index (χ4v) is 2.72. The molecule has 0 unspecified atom stereocenters. The predicted octanol–water partition coefficient (Wildman–Crippen LogP) is 2.15. The minimum absolute atomic E-state index is 0.145. The lowest BCUT2D eigenvalue weighted by atomic mass is 10.1. The van der Waals surface area contributed by atoms with Gasteiger partial charge in [0.05, 0.1) is 0 Å². The average molecular weight is 422 g/mol. The summed E-state index contributed by atoms with van der Waals surface area (Å²) in [6.45, 7) is 1.33. The van der Waals surface area contributed by atoms with Crippen LogP contribution in [0, 0.1) is 0 Å². The van der Waals surface area contributed by atoms with Gasteiger partial charge in [0.2, 0.25) is 0 Å². The largest absolute Gasteiger partial charge is 0.484 e. The summed E-state index contributed by atoms with van der Waals surface area (Å²) in [5.74, 6) is -0.232. The first kappa shape index (κ1) is 19.7. The Balaban J connectivity index is 1.75. The second kappa shape index (κ2) is 9.19. The van der Waals surface area contributed by atoms with Gasteiger partial charge in [0.15, 0.2) is 6.61 Å². The molecule has 2 aromatic rings. The Morgan fingerprint density at radius 2 is 1.85 bits per heavy atom. The molecular formula is C18H20BrN3O4. The Labute approximate surface area is 159 Å². The topological polar surface area (TPSA) is 89.4 Å². The minimum atomic E-state index is -0.479. The van der Waals surface area contributed by atoms with Crippen molar-refractivity contribution in [3.8, 4) is 5.75 Å². The van der Waals surface area contributed by atoms with Crippen LogP contribution in [-0.4, -0.2) is 28.8 Å². The molecule has 138 valence electrons. The Bertz CT molecular complexity index is 799. The third-order valence-corrected chi connectivity index (χ3v) is 4.01. The minimum Gasteiger partial charge on any atom is -0.484 e. The van der Waals surface area contributed by atoms with Crippen LogP contribution in [0.15, 0.2) is 41.0 Å². The summed E-state index contributed by atoms with van der Waals surface area (Å²) in [5.41, 5.74) is 6.06. The van der Waals surface area contributed by atoms with Gasteiger partial charge in [-0.15, -0.1) is 0 Å². The fraction of sp³-hybridized carbons (Fsp3) is 0.278. The van der Waals surface area contributed by atoms with Crippen molar-refractivity contribution in [2.75, 3.05) is 6.61 Å². The van der Waals surface area contributed by atoms with Crippen LogP contribution in [-0.2, 0) is 23.1 Å². The van der Waals surface area contributed by atoms with E-state index in [1.54, 1.807) is 42.9 Å². The first-order valence-corrected chi connectivity index (χ1v) is 8.76. The summed E-state index contributed by atoms with van der Waals surface area (Å²) in [6, 6.07) is 8.83. The molecule has 2 N–H and O–H groups in total. The molecule has 0 aliphatic carbocycles. The first-order valence-electron chi connectivity index (χ1n) is 7.97. The van der Waals surface area contributed by atoms with Gasteiger partial charge in [-0.25, -0.2) is 0 Å². The molecule has 0 radical (unpaired) electrons. The molecule has 26 heavy (non-hydrogen) atoms. The lowest BCUT2D eigenvalue weighted by Gasteiger charge is -2.09. The zero-order chi connectivity index (χ0) is 19.1. The Hall–Kier alpha value is -2.61. The molecule has 1 aromatic heterocycles. The second-order valence-corrected chi connectivity index (χ2v) is 6.71. The van der Waals surface area contributed by atoms with E-state index in [-0.39, 0.29) is 12.4 Å². The summed E-state index contributed by atoms with van der Waals surface area (Å²) < 4.78 is 7.78. The summed E-state index contributed by atoms with van der Waals surface area (Å²) in [4.78, 5) is 34.7. The van der Waals surface area contributed by atoms with Gasteiger partial charge in [-0.1, -0.05) is 12.1 Å². The zero-order valence-corrected chi connectivity index (χ0v) is 16.1. The van der Waals surface area contributed by atoms with Gasteiger partial charge < -0.3 is 14.1 Å². The fourth-order valence-electron chi connectivity index (χ4n) is 2.20. The maximum absolute atomic E-state index is 12.0. The van der Waals surface area contributed by atoms with Crippen LogP contribution < -0.4 is 15.6 Å². The smallest absolute Gasteiger partial charge is 0.286 e. The molecule has 7 nitrogen and oxygen atoms in total. The normalized spacial score (nSPS) is 10.3. The molecule has 1 heterocycles. The number of carbonyl (C=O) groups excluding carboxylic acids is 3. The molecule has 0 saturated carbocycles.